The standard InChI is InChI=1S/C17H21N3O/c21-12-11-20(15-7-4-8-15)17-9-10-18-16(19-17)13-14-5-2-1-3-6-14/h1-3,5-6,9-10,15,21H,4,7-8,11-13H2. The van der Waals surface area contributed by atoms with Gasteiger partial charge in [-0.05, 0) is 30.9 Å². The van der Waals surface area contributed by atoms with Crippen LogP contribution in [0.15, 0.2) is 42.6 Å². The second-order valence-corrected chi connectivity index (χ2v) is 5.50. The summed E-state index contributed by atoms with van der Waals surface area (Å²) >= 11 is 0. The number of hydrogen-bond acceptors (Lipinski definition) is 4. The Kier molecular flexibility index (Phi) is 4.46. The van der Waals surface area contributed by atoms with Gasteiger partial charge in [0.25, 0.3) is 0 Å². The molecule has 21 heavy (non-hydrogen) atoms. The van der Waals surface area contributed by atoms with Gasteiger partial charge in [-0.1, -0.05) is 30.3 Å². The fourth-order valence-corrected chi connectivity index (χ4v) is 2.70. The molecule has 0 unspecified atom stereocenters. The highest BCUT2D eigenvalue weighted by Gasteiger charge is 2.25. The molecule has 1 aliphatic rings. The molecule has 4 heteroatoms. The Morgan fingerprint density at radius 1 is 1.14 bits per heavy atom. The predicted molar refractivity (Wildman–Crippen MR) is 83.4 cm³/mol. The van der Waals surface area contributed by atoms with Gasteiger partial charge in [-0.3, -0.25) is 0 Å². The van der Waals surface area contributed by atoms with Crippen LogP contribution in [0, 0.1) is 0 Å². The lowest BCUT2D eigenvalue weighted by Crippen LogP contribution is -2.42. The molecule has 0 spiro atoms. The molecule has 0 amide bonds. The molecule has 0 bridgehead atoms. The molecule has 110 valence electrons. The third-order valence-corrected chi connectivity index (χ3v) is 4.05. The third-order valence-electron chi connectivity index (χ3n) is 4.05. The van der Waals surface area contributed by atoms with Crippen LogP contribution in [0.4, 0.5) is 5.82 Å². The molecule has 0 radical (unpaired) electrons. The summed E-state index contributed by atoms with van der Waals surface area (Å²) in [6, 6.07) is 12.7. The Bertz CT molecular complexity index is 569. The summed E-state index contributed by atoms with van der Waals surface area (Å²) in [6.45, 7) is 0.807. The van der Waals surface area contributed by atoms with Crippen LogP contribution < -0.4 is 4.90 Å². The topological polar surface area (TPSA) is 49.2 Å². The average molecular weight is 283 g/mol. The molecular weight excluding hydrogens is 262 g/mol. The first-order chi connectivity index (χ1) is 10.4. The summed E-state index contributed by atoms with van der Waals surface area (Å²) in [6.07, 6.45) is 6.22. The Hall–Kier alpha value is -1.94. The number of aliphatic hydroxyl groups excluding tert-OH is 1. The van der Waals surface area contributed by atoms with E-state index in [9.17, 15) is 5.11 Å². The van der Waals surface area contributed by atoms with Crippen molar-refractivity contribution in [1.29, 1.82) is 0 Å². The summed E-state index contributed by atoms with van der Waals surface area (Å²) < 4.78 is 0. The minimum atomic E-state index is 0.161. The van der Waals surface area contributed by atoms with E-state index in [4.69, 9.17) is 4.98 Å². The van der Waals surface area contributed by atoms with Gasteiger partial charge in [0.2, 0.25) is 0 Å². The number of aliphatic hydroxyl groups is 1. The molecule has 1 aromatic carbocycles. The van der Waals surface area contributed by atoms with Crippen LogP contribution in [-0.2, 0) is 6.42 Å². The van der Waals surface area contributed by atoms with Crippen LogP contribution in [0.1, 0.15) is 30.7 Å². The first kappa shape index (κ1) is 14.0. The van der Waals surface area contributed by atoms with Crippen molar-refractivity contribution in [2.24, 2.45) is 0 Å². The lowest BCUT2D eigenvalue weighted by molar-refractivity contribution is 0.283. The molecule has 0 aliphatic heterocycles. The van der Waals surface area contributed by atoms with E-state index >= 15 is 0 Å². The Morgan fingerprint density at radius 3 is 2.62 bits per heavy atom. The van der Waals surface area contributed by atoms with Gasteiger partial charge in [0, 0.05) is 25.2 Å². The van der Waals surface area contributed by atoms with E-state index in [1.54, 1.807) is 0 Å². The van der Waals surface area contributed by atoms with Gasteiger partial charge in [0.15, 0.2) is 0 Å². The van der Waals surface area contributed by atoms with E-state index in [1.165, 1.54) is 24.8 Å². The monoisotopic (exact) mass is 283 g/mol. The van der Waals surface area contributed by atoms with Gasteiger partial charge in [-0.25, -0.2) is 9.97 Å². The van der Waals surface area contributed by atoms with Gasteiger partial charge < -0.3 is 10.0 Å². The molecule has 1 fully saturated rings. The maximum absolute atomic E-state index is 9.29. The van der Waals surface area contributed by atoms with Gasteiger partial charge in [0.1, 0.15) is 11.6 Å². The molecule has 2 aromatic rings. The zero-order chi connectivity index (χ0) is 14.5. The van der Waals surface area contributed by atoms with Gasteiger partial charge in [-0.15, -0.1) is 0 Å². The molecule has 0 saturated heterocycles. The smallest absolute Gasteiger partial charge is 0.135 e. The maximum Gasteiger partial charge on any atom is 0.135 e. The van der Waals surface area contributed by atoms with E-state index in [1.807, 2.05) is 30.5 Å². The van der Waals surface area contributed by atoms with Crippen molar-refractivity contribution in [1.82, 2.24) is 9.97 Å². The van der Waals surface area contributed by atoms with Crippen LogP contribution in [0.3, 0.4) is 0 Å². The second kappa shape index (κ2) is 6.68. The van der Waals surface area contributed by atoms with Crippen LogP contribution in [0.25, 0.3) is 0 Å². The highest BCUT2D eigenvalue weighted by atomic mass is 16.3. The molecule has 3 rings (SSSR count). The van der Waals surface area contributed by atoms with E-state index in [0.717, 1.165) is 18.1 Å². The van der Waals surface area contributed by atoms with Gasteiger partial charge in [-0.2, -0.15) is 0 Å². The zero-order valence-corrected chi connectivity index (χ0v) is 12.2. The molecule has 1 N–H and O–H groups in total. The number of benzene rings is 1. The first-order valence-corrected chi connectivity index (χ1v) is 7.60. The number of hydrogen-bond donors (Lipinski definition) is 1. The molecule has 1 heterocycles. The molecule has 1 saturated carbocycles. The predicted octanol–water partition coefficient (Wildman–Crippen LogP) is 2.42. The molecule has 4 nitrogen and oxygen atoms in total. The summed E-state index contributed by atoms with van der Waals surface area (Å²) in [5.41, 5.74) is 1.21. The van der Waals surface area contributed by atoms with Gasteiger partial charge >= 0.3 is 0 Å². The Morgan fingerprint density at radius 2 is 1.95 bits per heavy atom. The highest BCUT2D eigenvalue weighted by molar-refractivity contribution is 5.40. The van der Waals surface area contributed by atoms with Crippen LogP contribution >= 0.6 is 0 Å². The van der Waals surface area contributed by atoms with Crippen molar-refractivity contribution in [2.75, 3.05) is 18.1 Å². The minimum absolute atomic E-state index is 0.161. The van der Waals surface area contributed by atoms with Crippen molar-refractivity contribution in [3.05, 3.63) is 54.0 Å². The number of aromatic nitrogens is 2. The minimum Gasteiger partial charge on any atom is -0.395 e. The quantitative estimate of drug-likeness (QED) is 0.884. The molecule has 0 atom stereocenters. The van der Waals surface area contributed by atoms with Crippen molar-refractivity contribution in [2.45, 2.75) is 31.7 Å². The highest BCUT2D eigenvalue weighted by Crippen LogP contribution is 2.28. The summed E-state index contributed by atoms with van der Waals surface area (Å²) in [5.74, 6) is 1.77. The van der Waals surface area contributed by atoms with E-state index < -0.39 is 0 Å². The SMILES string of the molecule is OCCN(c1ccnc(Cc2ccccc2)n1)C1CCC1. The van der Waals surface area contributed by atoms with Crippen molar-refractivity contribution in [3.8, 4) is 0 Å². The molecular formula is C17H21N3O. The zero-order valence-electron chi connectivity index (χ0n) is 12.2. The third kappa shape index (κ3) is 3.39. The van der Waals surface area contributed by atoms with E-state index in [-0.39, 0.29) is 6.61 Å². The summed E-state index contributed by atoms with van der Waals surface area (Å²) in [4.78, 5) is 11.3. The number of anilines is 1. The Balaban J connectivity index is 1.78. The second-order valence-electron chi connectivity index (χ2n) is 5.50. The lowest BCUT2D eigenvalue weighted by Gasteiger charge is -2.38. The van der Waals surface area contributed by atoms with Crippen molar-refractivity contribution < 1.29 is 5.11 Å². The van der Waals surface area contributed by atoms with E-state index in [0.29, 0.717) is 12.6 Å². The average Bonchev–Trinajstić information content (AvgIpc) is 2.46. The fraction of sp³-hybridized carbons (Fsp3) is 0.412. The largest absolute Gasteiger partial charge is 0.395 e. The summed E-state index contributed by atoms with van der Waals surface area (Å²) in [7, 11) is 0. The molecule has 1 aromatic heterocycles. The van der Waals surface area contributed by atoms with Crippen LogP contribution in [-0.4, -0.2) is 34.3 Å². The fourth-order valence-electron chi connectivity index (χ4n) is 2.70. The van der Waals surface area contributed by atoms with Crippen LogP contribution in [0.2, 0.25) is 0 Å². The maximum atomic E-state index is 9.29. The Labute approximate surface area is 125 Å². The van der Waals surface area contributed by atoms with Gasteiger partial charge in [0.05, 0.1) is 6.61 Å². The normalized spacial score (nSPS) is 14.7. The van der Waals surface area contributed by atoms with Crippen molar-refractivity contribution >= 4 is 5.82 Å². The molecule has 1 aliphatic carbocycles. The number of nitrogens with zero attached hydrogens (tertiary/aromatic N) is 3. The summed E-state index contributed by atoms with van der Waals surface area (Å²) in [5, 5.41) is 9.29. The van der Waals surface area contributed by atoms with Crippen molar-refractivity contribution in [3.63, 3.8) is 0 Å². The lowest BCUT2D eigenvalue weighted by atomic mass is 9.91. The van der Waals surface area contributed by atoms with Crippen LogP contribution in [0.5, 0.6) is 0 Å². The number of rotatable bonds is 6. The first-order valence-electron chi connectivity index (χ1n) is 7.60. The van der Waals surface area contributed by atoms with E-state index in [2.05, 4.69) is 22.0 Å².